The van der Waals surface area contributed by atoms with Gasteiger partial charge in [-0.15, -0.1) is 0 Å². The van der Waals surface area contributed by atoms with Gasteiger partial charge >= 0.3 is 0 Å². The number of imide groups is 1. The molecule has 1 aliphatic rings. The molecule has 7 heteroatoms. The monoisotopic (exact) mass is 468 g/mol. The van der Waals surface area contributed by atoms with Crippen LogP contribution in [0.2, 0.25) is 0 Å². The SMILES string of the molecule is CCCCC(=O)c1ccc(CC(C)C)nc1SC1CC(=O)N(c2ccc(OCC)cc2)C1=O. The molecule has 1 atom stereocenters. The van der Waals surface area contributed by atoms with Gasteiger partial charge in [-0.3, -0.25) is 14.4 Å². The van der Waals surface area contributed by atoms with Gasteiger partial charge in [0.2, 0.25) is 11.8 Å². The number of benzene rings is 1. The molecule has 3 rings (SSSR count). The quantitative estimate of drug-likeness (QED) is 0.321. The van der Waals surface area contributed by atoms with Crippen molar-refractivity contribution in [3.8, 4) is 5.75 Å². The van der Waals surface area contributed by atoms with Gasteiger partial charge in [-0.25, -0.2) is 9.88 Å². The highest BCUT2D eigenvalue weighted by Gasteiger charge is 2.41. The first kappa shape index (κ1) is 25.0. The van der Waals surface area contributed by atoms with Gasteiger partial charge in [0.1, 0.15) is 10.8 Å². The predicted octanol–water partition coefficient (Wildman–Crippen LogP) is 5.48. The van der Waals surface area contributed by atoms with Gasteiger partial charge in [-0.2, -0.15) is 0 Å². The lowest BCUT2D eigenvalue weighted by molar-refractivity contribution is -0.121. The number of hydrogen-bond donors (Lipinski definition) is 0. The van der Waals surface area contributed by atoms with Crippen LogP contribution in [0.25, 0.3) is 0 Å². The van der Waals surface area contributed by atoms with E-state index in [4.69, 9.17) is 9.72 Å². The molecule has 176 valence electrons. The highest BCUT2D eigenvalue weighted by atomic mass is 32.2. The maximum absolute atomic E-state index is 13.2. The lowest BCUT2D eigenvalue weighted by Crippen LogP contribution is -2.31. The summed E-state index contributed by atoms with van der Waals surface area (Å²) in [7, 11) is 0. The summed E-state index contributed by atoms with van der Waals surface area (Å²) < 4.78 is 5.45. The average molecular weight is 469 g/mol. The third kappa shape index (κ3) is 6.22. The maximum atomic E-state index is 13.2. The zero-order chi connectivity index (χ0) is 24.0. The molecule has 1 unspecified atom stereocenters. The molecule has 1 aliphatic heterocycles. The Bertz CT molecular complexity index is 1000. The Morgan fingerprint density at radius 1 is 1.15 bits per heavy atom. The third-order valence-corrected chi connectivity index (χ3v) is 6.55. The number of carbonyl (C=O) groups is 3. The first-order valence-electron chi connectivity index (χ1n) is 11.6. The summed E-state index contributed by atoms with van der Waals surface area (Å²) in [6, 6.07) is 10.7. The second kappa shape index (κ2) is 11.5. The van der Waals surface area contributed by atoms with Crippen LogP contribution in [0.4, 0.5) is 5.69 Å². The highest BCUT2D eigenvalue weighted by Crippen LogP contribution is 2.36. The number of nitrogens with zero attached hydrogens (tertiary/aromatic N) is 2. The fourth-order valence-electron chi connectivity index (χ4n) is 3.75. The van der Waals surface area contributed by atoms with Crippen LogP contribution in [0.1, 0.15) is 69.4 Å². The van der Waals surface area contributed by atoms with Gasteiger partial charge in [0.25, 0.3) is 0 Å². The Balaban J connectivity index is 1.84. The first-order valence-corrected chi connectivity index (χ1v) is 12.5. The Morgan fingerprint density at radius 2 is 1.88 bits per heavy atom. The smallest absolute Gasteiger partial charge is 0.247 e. The van der Waals surface area contributed by atoms with Gasteiger partial charge < -0.3 is 4.74 Å². The van der Waals surface area contributed by atoms with Crippen molar-refractivity contribution in [3.05, 3.63) is 47.7 Å². The molecular formula is C26H32N2O4S. The molecular weight excluding hydrogens is 436 g/mol. The zero-order valence-corrected chi connectivity index (χ0v) is 20.6. The topological polar surface area (TPSA) is 76.6 Å². The summed E-state index contributed by atoms with van der Waals surface area (Å²) in [5.74, 6) is 0.605. The number of rotatable bonds is 11. The van der Waals surface area contributed by atoms with E-state index >= 15 is 0 Å². The van der Waals surface area contributed by atoms with Crippen molar-refractivity contribution in [1.82, 2.24) is 4.98 Å². The van der Waals surface area contributed by atoms with Gasteiger partial charge in [-0.1, -0.05) is 39.0 Å². The van der Waals surface area contributed by atoms with Crippen LogP contribution in [-0.4, -0.2) is 34.4 Å². The van der Waals surface area contributed by atoms with E-state index in [1.54, 1.807) is 24.3 Å². The van der Waals surface area contributed by atoms with Gasteiger partial charge in [0.15, 0.2) is 5.78 Å². The Hall–Kier alpha value is -2.67. The van der Waals surface area contributed by atoms with E-state index in [9.17, 15) is 14.4 Å². The van der Waals surface area contributed by atoms with Crippen molar-refractivity contribution in [3.63, 3.8) is 0 Å². The predicted molar refractivity (Wildman–Crippen MR) is 131 cm³/mol. The van der Waals surface area contributed by atoms with Crippen LogP contribution in [-0.2, 0) is 16.0 Å². The molecule has 2 amide bonds. The normalized spacial score (nSPS) is 16.0. The van der Waals surface area contributed by atoms with Crippen LogP contribution in [0, 0.1) is 5.92 Å². The van der Waals surface area contributed by atoms with Crippen LogP contribution in [0.15, 0.2) is 41.4 Å². The van der Waals surface area contributed by atoms with Gasteiger partial charge in [0, 0.05) is 24.1 Å². The third-order valence-electron chi connectivity index (χ3n) is 5.36. The molecule has 0 radical (unpaired) electrons. The molecule has 0 spiro atoms. The maximum Gasteiger partial charge on any atom is 0.247 e. The number of carbonyl (C=O) groups excluding carboxylic acids is 3. The second-order valence-electron chi connectivity index (χ2n) is 8.58. The molecule has 2 heterocycles. The number of pyridine rings is 1. The summed E-state index contributed by atoms with van der Waals surface area (Å²) in [6.45, 7) is 8.72. The van der Waals surface area contributed by atoms with Gasteiger partial charge in [0.05, 0.1) is 17.5 Å². The largest absolute Gasteiger partial charge is 0.494 e. The van der Waals surface area contributed by atoms with Crippen molar-refractivity contribution in [2.24, 2.45) is 5.92 Å². The summed E-state index contributed by atoms with van der Waals surface area (Å²) >= 11 is 1.23. The lowest BCUT2D eigenvalue weighted by atomic mass is 10.0. The van der Waals surface area contributed by atoms with Crippen molar-refractivity contribution >= 4 is 35.0 Å². The summed E-state index contributed by atoms with van der Waals surface area (Å²) in [4.78, 5) is 44.7. The summed E-state index contributed by atoms with van der Waals surface area (Å²) in [5.41, 5.74) is 1.96. The van der Waals surface area contributed by atoms with E-state index in [1.165, 1.54) is 16.7 Å². The van der Waals surface area contributed by atoms with Crippen molar-refractivity contribution < 1.29 is 19.1 Å². The lowest BCUT2D eigenvalue weighted by Gasteiger charge is -2.16. The number of hydrogen-bond acceptors (Lipinski definition) is 6. The highest BCUT2D eigenvalue weighted by molar-refractivity contribution is 8.00. The molecule has 6 nitrogen and oxygen atoms in total. The molecule has 1 aromatic heterocycles. The van der Waals surface area contributed by atoms with E-state index in [0.29, 0.717) is 41.0 Å². The number of ketones is 1. The molecule has 0 N–H and O–H groups in total. The number of anilines is 1. The minimum Gasteiger partial charge on any atom is -0.494 e. The molecule has 2 aromatic rings. The van der Waals surface area contributed by atoms with Crippen molar-refractivity contribution in [1.29, 1.82) is 0 Å². The number of thioether (sulfide) groups is 1. The molecule has 1 fully saturated rings. The molecule has 1 aromatic carbocycles. The molecule has 0 bridgehead atoms. The number of aromatic nitrogens is 1. The molecule has 0 saturated carbocycles. The Morgan fingerprint density at radius 3 is 2.52 bits per heavy atom. The van der Waals surface area contributed by atoms with E-state index in [1.807, 2.05) is 26.0 Å². The molecule has 1 saturated heterocycles. The Kier molecular flexibility index (Phi) is 8.67. The van der Waals surface area contributed by atoms with Gasteiger partial charge in [-0.05, 0) is 62.1 Å². The minimum absolute atomic E-state index is 0.0306. The number of unbranched alkanes of at least 4 members (excludes halogenated alkanes) is 1. The summed E-state index contributed by atoms with van der Waals surface area (Å²) in [5, 5.41) is -0.0578. The number of ether oxygens (including phenoxy) is 1. The zero-order valence-electron chi connectivity index (χ0n) is 19.8. The average Bonchev–Trinajstić information content (AvgIpc) is 3.05. The van der Waals surface area contributed by atoms with E-state index in [-0.39, 0.29) is 24.0 Å². The van der Waals surface area contributed by atoms with Crippen molar-refractivity contribution in [2.75, 3.05) is 11.5 Å². The van der Waals surface area contributed by atoms with Crippen LogP contribution < -0.4 is 9.64 Å². The van der Waals surface area contributed by atoms with E-state index < -0.39 is 5.25 Å². The van der Waals surface area contributed by atoms with Crippen molar-refractivity contribution in [2.45, 2.75) is 70.1 Å². The minimum atomic E-state index is -0.608. The van der Waals surface area contributed by atoms with Crippen LogP contribution in [0.3, 0.4) is 0 Å². The second-order valence-corrected chi connectivity index (χ2v) is 9.78. The fourth-order valence-corrected chi connectivity index (χ4v) is 4.93. The Labute approximate surface area is 200 Å². The van der Waals surface area contributed by atoms with Crippen LogP contribution >= 0.6 is 11.8 Å². The first-order chi connectivity index (χ1) is 15.8. The standard InChI is InChI=1S/C26H32N2O4S/c1-5-7-8-22(29)21-14-9-18(15-17(3)4)27-25(21)33-23-16-24(30)28(26(23)31)19-10-12-20(13-11-19)32-6-2/h9-14,17,23H,5-8,15-16H2,1-4H3. The summed E-state index contributed by atoms with van der Waals surface area (Å²) in [6.07, 6.45) is 3.05. The number of amides is 2. The van der Waals surface area contributed by atoms with E-state index in [2.05, 4.69) is 13.8 Å². The fraction of sp³-hybridized carbons (Fsp3) is 0.462. The molecule has 0 aliphatic carbocycles. The van der Waals surface area contributed by atoms with E-state index in [0.717, 1.165) is 25.0 Å². The molecule has 33 heavy (non-hydrogen) atoms. The van der Waals surface area contributed by atoms with Crippen LogP contribution in [0.5, 0.6) is 5.75 Å². The number of Topliss-reactive ketones (excluding diaryl/α,β-unsaturated/α-hetero) is 1.